The van der Waals surface area contributed by atoms with Crippen molar-refractivity contribution in [1.29, 1.82) is 5.26 Å². The highest BCUT2D eigenvalue weighted by Crippen LogP contribution is 2.38. The lowest BCUT2D eigenvalue weighted by Crippen LogP contribution is -2.65. The van der Waals surface area contributed by atoms with E-state index < -0.39 is 11.6 Å². The van der Waals surface area contributed by atoms with E-state index in [0.717, 1.165) is 70.7 Å². The molecule has 5 heterocycles. The molecule has 0 aliphatic carbocycles. The van der Waals surface area contributed by atoms with Gasteiger partial charge in [-0.1, -0.05) is 42.5 Å². The van der Waals surface area contributed by atoms with Crippen molar-refractivity contribution in [3.63, 3.8) is 0 Å². The number of likely N-dealkylation sites (tertiary alicyclic amines) is 1. The molecule has 0 radical (unpaired) electrons. The molecule has 2 saturated heterocycles. The summed E-state index contributed by atoms with van der Waals surface area (Å²) in [7, 11) is 2.12. The molecular formula is C35H41N9O3. The largest absolute Gasteiger partial charge is 0.465 e. The van der Waals surface area contributed by atoms with Crippen LogP contribution in [0.3, 0.4) is 0 Å². The Morgan fingerprint density at radius 2 is 1.98 bits per heavy atom. The van der Waals surface area contributed by atoms with E-state index in [1.807, 2.05) is 36.5 Å². The van der Waals surface area contributed by atoms with E-state index in [0.29, 0.717) is 51.1 Å². The number of aromatic amines is 1. The Balaban J connectivity index is 1.26. The van der Waals surface area contributed by atoms with Crippen molar-refractivity contribution < 1.29 is 14.6 Å². The van der Waals surface area contributed by atoms with Crippen LogP contribution in [0.15, 0.2) is 48.7 Å². The molecule has 7 rings (SSSR count). The average molecular weight is 636 g/mol. The number of fused-ring (bicyclic) bond motifs is 2. The fourth-order valence-corrected chi connectivity index (χ4v) is 7.72. The highest BCUT2D eigenvalue weighted by Gasteiger charge is 2.46. The fourth-order valence-electron chi connectivity index (χ4n) is 7.72. The van der Waals surface area contributed by atoms with Gasteiger partial charge in [-0.25, -0.2) is 4.79 Å². The standard InChI is InChI=1S/C35H41N9O3/c1-24-10-11-26-20-37-40-30(26)31(24)42-16-12-28-29(21-42)38-33(47-22-27-9-6-15-41(27)2)39-32(28)43-17-18-44(34(45)46)35(23-43,13-14-36)19-25-7-4-3-5-8-25/h3-5,7-8,10-11,20,27H,6,9,12-13,15-19,21-23H2,1-2H3,(H,37,40)(H,45,46). The second-order valence-corrected chi connectivity index (χ2v) is 13.2. The Bertz CT molecular complexity index is 1810. The molecular weight excluding hydrogens is 594 g/mol. The molecule has 3 aliphatic heterocycles. The number of anilines is 2. The number of ether oxygens (including phenoxy) is 1. The summed E-state index contributed by atoms with van der Waals surface area (Å²) in [6.07, 6.45) is 4.26. The lowest BCUT2D eigenvalue weighted by Gasteiger charge is -2.49. The summed E-state index contributed by atoms with van der Waals surface area (Å²) in [5.41, 5.74) is 5.29. The van der Waals surface area contributed by atoms with E-state index >= 15 is 0 Å². The third kappa shape index (κ3) is 5.91. The lowest BCUT2D eigenvalue weighted by molar-refractivity contribution is 0.0668. The molecule has 244 valence electrons. The number of likely N-dealkylation sites (N-methyl/N-ethyl adjacent to an activating group) is 1. The number of rotatable bonds is 8. The molecule has 0 spiro atoms. The van der Waals surface area contributed by atoms with Crippen molar-refractivity contribution in [1.82, 2.24) is 30.0 Å². The van der Waals surface area contributed by atoms with Crippen molar-refractivity contribution in [2.45, 2.75) is 57.2 Å². The second kappa shape index (κ2) is 12.7. The number of aromatic nitrogens is 4. The van der Waals surface area contributed by atoms with Crippen LogP contribution in [0.25, 0.3) is 10.9 Å². The van der Waals surface area contributed by atoms with Crippen molar-refractivity contribution >= 4 is 28.5 Å². The Morgan fingerprint density at radius 1 is 1.13 bits per heavy atom. The normalized spacial score (nSPS) is 21.6. The zero-order valence-electron chi connectivity index (χ0n) is 27.0. The molecule has 2 N–H and O–H groups in total. The van der Waals surface area contributed by atoms with Gasteiger partial charge in [0.25, 0.3) is 0 Å². The summed E-state index contributed by atoms with van der Waals surface area (Å²) in [5.74, 6) is 0.779. The van der Waals surface area contributed by atoms with Crippen LogP contribution in [0.5, 0.6) is 6.01 Å². The van der Waals surface area contributed by atoms with E-state index in [1.165, 1.54) is 4.90 Å². The minimum absolute atomic E-state index is 0.0661. The summed E-state index contributed by atoms with van der Waals surface area (Å²) in [4.78, 5) is 31.0. The van der Waals surface area contributed by atoms with E-state index in [9.17, 15) is 15.2 Å². The van der Waals surface area contributed by atoms with E-state index in [-0.39, 0.29) is 13.0 Å². The lowest BCUT2D eigenvalue weighted by atomic mass is 9.83. The highest BCUT2D eigenvalue weighted by atomic mass is 16.5. The molecule has 12 heteroatoms. The maximum Gasteiger partial charge on any atom is 0.407 e. The van der Waals surface area contributed by atoms with E-state index in [2.05, 4.69) is 57.1 Å². The molecule has 2 fully saturated rings. The van der Waals surface area contributed by atoms with Gasteiger partial charge in [0.2, 0.25) is 0 Å². The van der Waals surface area contributed by atoms with Gasteiger partial charge in [0.15, 0.2) is 0 Å². The van der Waals surface area contributed by atoms with Crippen LogP contribution in [-0.4, -0.2) is 99.1 Å². The smallest absolute Gasteiger partial charge is 0.407 e. The van der Waals surface area contributed by atoms with Crippen LogP contribution in [-0.2, 0) is 19.4 Å². The number of nitrogens with zero attached hydrogens (tertiary/aromatic N) is 8. The van der Waals surface area contributed by atoms with Crippen LogP contribution in [0.4, 0.5) is 16.3 Å². The summed E-state index contributed by atoms with van der Waals surface area (Å²) >= 11 is 0. The van der Waals surface area contributed by atoms with Gasteiger partial charge >= 0.3 is 12.1 Å². The second-order valence-electron chi connectivity index (χ2n) is 13.2. The number of benzene rings is 2. The first-order chi connectivity index (χ1) is 22.8. The van der Waals surface area contributed by atoms with Gasteiger partial charge in [-0.15, -0.1) is 0 Å². The summed E-state index contributed by atoms with van der Waals surface area (Å²) in [6.45, 7) is 6.07. The predicted molar refractivity (Wildman–Crippen MR) is 179 cm³/mol. The number of piperazine rings is 1. The number of H-pyrrole nitrogens is 1. The van der Waals surface area contributed by atoms with Crippen LogP contribution in [0, 0.1) is 18.3 Å². The Kier molecular flexibility index (Phi) is 8.32. The van der Waals surface area contributed by atoms with Crippen LogP contribution in [0.1, 0.15) is 41.6 Å². The molecule has 47 heavy (non-hydrogen) atoms. The zero-order valence-corrected chi connectivity index (χ0v) is 27.0. The maximum atomic E-state index is 12.6. The molecule has 4 aromatic rings. The molecule has 3 aliphatic rings. The van der Waals surface area contributed by atoms with Gasteiger partial charge in [-0.05, 0) is 57.3 Å². The number of hydrogen-bond acceptors (Lipinski definition) is 9. The van der Waals surface area contributed by atoms with Crippen molar-refractivity contribution in [2.75, 3.05) is 56.2 Å². The molecule has 2 aromatic carbocycles. The first-order valence-electron chi connectivity index (χ1n) is 16.4. The molecule has 2 atom stereocenters. The molecule has 12 nitrogen and oxygen atoms in total. The number of nitriles is 1. The maximum absolute atomic E-state index is 12.6. The molecule has 0 bridgehead atoms. The van der Waals surface area contributed by atoms with Crippen molar-refractivity contribution in [3.05, 3.63) is 71.0 Å². The number of amides is 1. The van der Waals surface area contributed by atoms with Crippen LogP contribution >= 0.6 is 0 Å². The molecule has 1 amide bonds. The minimum atomic E-state index is -1.01. The summed E-state index contributed by atoms with van der Waals surface area (Å²) in [6, 6.07) is 17.0. The average Bonchev–Trinajstić information content (AvgIpc) is 3.72. The molecule has 2 unspecified atom stereocenters. The minimum Gasteiger partial charge on any atom is -0.465 e. The van der Waals surface area contributed by atoms with Gasteiger partial charge in [0.05, 0.1) is 47.7 Å². The van der Waals surface area contributed by atoms with Crippen LogP contribution in [0.2, 0.25) is 0 Å². The molecule has 2 aromatic heterocycles. The zero-order chi connectivity index (χ0) is 32.5. The summed E-state index contributed by atoms with van der Waals surface area (Å²) in [5, 5.41) is 28.9. The predicted octanol–water partition coefficient (Wildman–Crippen LogP) is 4.39. The number of aryl methyl sites for hydroxylation is 1. The van der Waals surface area contributed by atoms with E-state index in [1.54, 1.807) is 0 Å². The first-order valence-corrected chi connectivity index (χ1v) is 16.4. The van der Waals surface area contributed by atoms with Gasteiger partial charge in [-0.2, -0.15) is 20.3 Å². The van der Waals surface area contributed by atoms with Crippen molar-refractivity contribution in [3.8, 4) is 12.1 Å². The monoisotopic (exact) mass is 635 g/mol. The Hall–Kier alpha value is -4.89. The molecule has 0 saturated carbocycles. The SMILES string of the molecule is Cc1ccc2cn[nH]c2c1N1CCc2c(nc(OCC3CCCN3C)nc2N2CCN(C(=O)O)C(CC#N)(Cc3ccccc3)C2)C1. The topological polar surface area (TPSA) is 138 Å². The van der Waals surface area contributed by atoms with Gasteiger partial charge < -0.3 is 24.5 Å². The van der Waals surface area contributed by atoms with Crippen LogP contribution < -0.4 is 14.5 Å². The van der Waals surface area contributed by atoms with Gasteiger partial charge in [0.1, 0.15) is 12.4 Å². The van der Waals surface area contributed by atoms with E-state index in [4.69, 9.17) is 14.7 Å². The number of nitrogens with one attached hydrogen (secondary N) is 1. The number of hydrogen-bond donors (Lipinski definition) is 2. The quantitative estimate of drug-likeness (QED) is 0.287. The number of carboxylic acid groups (broad SMARTS) is 1. The van der Waals surface area contributed by atoms with Gasteiger partial charge in [0, 0.05) is 43.2 Å². The van der Waals surface area contributed by atoms with Gasteiger partial charge in [-0.3, -0.25) is 10.00 Å². The fraction of sp³-hybridized carbons (Fsp3) is 0.457. The first kappa shape index (κ1) is 30.7. The number of carbonyl (C=O) groups is 1. The highest BCUT2D eigenvalue weighted by molar-refractivity contribution is 5.92. The summed E-state index contributed by atoms with van der Waals surface area (Å²) < 4.78 is 6.35. The Labute approximate surface area is 274 Å². The Morgan fingerprint density at radius 3 is 2.74 bits per heavy atom. The third-order valence-corrected chi connectivity index (χ3v) is 10.2. The van der Waals surface area contributed by atoms with Crippen molar-refractivity contribution in [2.24, 2.45) is 0 Å². The third-order valence-electron chi connectivity index (χ3n) is 10.2.